The fraction of sp³-hybridized carbons (Fsp3) is 0.357. The van der Waals surface area contributed by atoms with Crippen molar-refractivity contribution in [2.45, 2.75) is 20.8 Å². The van der Waals surface area contributed by atoms with Crippen LogP contribution in [0, 0.1) is 13.8 Å². The van der Waals surface area contributed by atoms with E-state index in [0.29, 0.717) is 24.4 Å². The Kier molecular flexibility index (Phi) is 3.94. The van der Waals surface area contributed by atoms with Gasteiger partial charge in [-0.2, -0.15) is 15.0 Å². The van der Waals surface area contributed by atoms with E-state index >= 15 is 0 Å². The van der Waals surface area contributed by atoms with E-state index in [9.17, 15) is 0 Å². The highest BCUT2D eigenvalue weighted by molar-refractivity contribution is 5.62. The van der Waals surface area contributed by atoms with Crippen LogP contribution in [0.3, 0.4) is 0 Å². The fourth-order valence-electron chi connectivity index (χ4n) is 1.76. The van der Waals surface area contributed by atoms with E-state index in [1.807, 2.05) is 20.8 Å². The zero-order valence-electron chi connectivity index (χ0n) is 11.7. The second kappa shape index (κ2) is 5.65. The minimum Gasteiger partial charge on any atom is -0.464 e. The number of hydrogen-bond donors (Lipinski definition) is 1. The second-order valence-corrected chi connectivity index (χ2v) is 4.27. The summed E-state index contributed by atoms with van der Waals surface area (Å²) in [7, 11) is 1.78. The van der Waals surface area contributed by atoms with Gasteiger partial charge in [-0.1, -0.05) is 17.7 Å². The lowest BCUT2D eigenvalue weighted by molar-refractivity contribution is 0.312. The molecule has 0 aliphatic heterocycles. The van der Waals surface area contributed by atoms with E-state index in [0.717, 1.165) is 11.1 Å². The van der Waals surface area contributed by atoms with Crippen LogP contribution >= 0.6 is 0 Å². The Bertz CT molecular complexity index is 584. The smallest absolute Gasteiger partial charge is 0.321 e. The first-order valence-electron chi connectivity index (χ1n) is 6.28. The zero-order chi connectivity index (χ0) is 13.8. The molecule has 0 atom stereocenters. The average molecular weight is 258 g/mol. The molecule has 0 saturated heterocycles. The Morgan fingerprint density at radius 1 is 1.16 bits per heavy atom. The van der Waals surface area contributed by atoms with Crippen LogP contribution in [0.15, 0.2) is 18.2 Å². The molecule has 0 radical (unpaired) electrons. The normalized spacial score (nSPS) is 10.3. The topological polar surface area (TPSA) is 59.9 Å². The predicted octanol–water partition coefficient (Wildman–Crippen LogP) is 2.60. The maximum absolute atomic E-state index is 5.38. The first-order valence-corrected chi connectivity index (χ1v) is 6.28. The number of anilines is 1. The Labute approximate surface area is 113 Å². The summed E-state index contributed by atoms with van der Waals surface area (Å²) in [5, 5.41) is 2.93. The number of aromatic nitrogens is 3. The van der Waals surface area contributed by atoms with Gasteiger partial charge in [0, 0.05) is 12.6 Å². The van der Waals surface area contributed by atoms with Crippen molar-refractivity contribution in [2.24, 2.45) is 0 Å². The van der Waals surface area contributed by atoms with E-state index in [4.69, 9.17) is 4.74 Å². The predicted molar refractivity (Wildman–Crippen MR) is 75.5 cm³/mol. The number of nitrogens with one attached hydrogen (secondary N) is 1. The maximum Gasteiger partial charge on any atom is 0.321 e. The summed E-state index contributed by atoms with van der Waals surface area (Å²) >= 11 is 0. The number of ether oxygens (including phenoxy) is 1. The minimum absolute atomic E-state index is 0.345. The molecule has 2 aromatic rings. The molecular formula is C14H18N4O. The van der Waals surface area contributed by atoms with Gasteiger partial charge in [-0.25, -0.2) is 0 Å². The van der Waals surface area contributed by atoms with Crippen molar-refractivity contribution in [3.8, 4) is 17.4 Å². The van der Waals surface area contributed by atoms with Crippen molar-refractivity contribution in [2.75, 3.05) is 19.0 Å². The SMILES string of the molecule is CCOc1nc(NC)nc(-c2cc(C)ccc2C)n1. The molecule has 0 spiro atoms. The highest BCUT2D eigenvalue weighted by atomic mass is 16.5. The first-order chi connectivity index (χ1) is 9.13. The number of benzene rings is 1. The van der Waals surface area contributed by atoms with Gasteiger partial charge in [0.2, 0.25) is 5.95 Å². The van der Waals surface area contributed by atoms with Gasteiger partial charge in [-0.05, 0) is 32.4 Å². The van der Waals surface area contributed by atoms with E-state index in [1.54, 1.807) is 7.05 Å². The van der Waals surface area contributed by atoms with Crippen molar-refractivity contribution in [1.82, 2.24) is 15.0 Å². The van der Waals surface area contributed by atoms with Crippen LogP contribution in [0.25, 0.3) is 11.4 Å². The van der Waals surface area contributed by atoms with Gasteiger partial charge in [0.1, 0.15) is 0 Å². The largest absolute Gasteiger partial charge is 0.464 e. The molecule has 0 aliphatic carbocycles. The molecule has 0 unspecified atom stereocenters. The quantitative estimate of drug-likeness (QED) is 0.913. The van der Waals surface area contributed by atoms with Crippen LogP contribution in [-0.2, 0) is 0 Å². The molecule has 5 heteroatoms. The summed E-state index contributed by atoms with van der Waals surface area (Å²) in [6.07, 6.45) is 0. The summed E-state index contributed by atoms with van der Waals surface area (Å²) in [6.45, 7) is 6.52. The molecule has 0 aliphatic rings. The van der Waals surface area contributed by atoms with E-state index in [-0.39, 0.29) is 0 Å². The summed E-state index contributed by atoms with van der Waals surface area (Å²) < 4.78 is 5.38. The lowest BCUT2D eigenvalue weighted by Crippen LogP contribution is -2.05. The third-order valence-electron chi connectivity index (χ3n) is 2.75. The molecule has 100 valence electrons. The van der Waals surface area contributed by atoms with Gasteiger partial charge >= 0.3 is 6.01 Å². The van der Waals surface area contributed by atoms with Gasteiger partial charge in [-0.3, -0.25) is 0 Å². The van der Waals surface area contributed by atoms with Crippen molar-refractivity contribution < 1.29 is 4.74 Å². The lowest BCUT2D eigenvalue weighted by atomic mass is 10.1. The number of nitrogens with zero attached hydrogens (tertiary/aromatic N) is 3. The van der Waals surface area contributed by atoms with Crippen molar-refractivity contribution in [3.05, 3.63) is 29.3 Å². The van der Waals surface area contributed by atoms with Crippen molar-refractivity contribution in [3.63, 3.8) is 0 Å². The summed E-state index contributed by atoms with van der Waals surface area (Å²) in [6, 6.07) is 6.55. The molecule has 1 aromatic carbocycles. The molecular weight excluding hydrogens is 240 g/mol. The van der Waals surface area contributed by atoms with E-state index < -0.39 is 0 Å². The monoisotopic (exact) mass is 258 g/mol. The van der Waals surface area contributed by atoms with Crippen LogP contribution in [0.2, 0.25) is 0 Å². The lowest BCUT2D eigenvalue weighted by Gasteiger charge is -2.09. The Balaban J connectivity index is 2.54. The Hall–Kier alpha value is -2.17. The van der Waals surface area contributed by atoms with Crippen molar-refractivity contribution >= 4 is 5.95 Å². The van der Waals surface area contributed by atoms with Crippen molar-refractivity contribution in [1.29, 1.82) is 0 Å². The van der Waals surface area contributed by atoms with Crippen LogP contribution in [0.4, 0.5) is 5.95 Å². The zero-order valence-corrected chi connectivity index (χ0v) is 11.7. The van der Waals surface area contributed by atoms with Gasteiger partial charge in [0.25, 0.3) is 0 Å². The molecule has 0 amide bonds. The van der Waals surface area contributed by atoms with Gasteiger partial charge in [0.15, 0.2) is 5.82 Å². The van der Waals surface area contributed by atoms with E-state index in [2.05, 4.69) is 38.5 Å². The number of aryl methyl sites for hydroxylation is 2. The molecule has 19 heavy (non-hydrogen) atoms. The highest BCUT2D eigenvalue weighted by Crippen LogP contribution is 2.23. The summed E-state index contributed by atoms with van der Waals surface area (Å²) in [5.41, 5.74) is 3.30. The van der Waals surface area contributed by atoms with Gasteiger partial charge < -0.3 is 10.1 Å². The summed E-state index contributed by atoms with van der Waals surface area (Å²) in [4.78, 5) is 12.9. The third kappa shape index (κ3) is 2.99. The average Bonchev–Trinajstić information content (AvgIpc) is 2.41. The van der Waals surface area contributed by atoms with E-state index in [1.165, 1.54) is 5.56 Å². The maximum atomic E-state index is 5.38. The molecule has 0 saturated carbocycles. The second-order valence-electron chi connectivity index (χ2n) is 4.27. The molecule has 0 fully saturated rings. The van der Waals surface area contributed by atoms with Crippen LogP contribution in [0.1, 0.15) is 18.1 Å². The molecule has 0 bridgehead atoms. The number of rotatable bonds is 4. The van der Waals surface area contributed by atoms with Crippen LogP contribution in [-0.4, -0.2) is 28.6 Å². The Morgan fingerprint density at radius 3 is 2.63 bits per heavy atom. The number of hydrogen-bond acceptors (Lipinski definition) is 5. The molecule has 2 rings (SSSR count). The standard InChI is InChI=1S/C14H18N4O/c1-5-19-14-17-12(16-13(15-4)18-14)11-8-9(2)6-7-10(11)3/h6-8H,5H2,1-4H3,(H,15,16,17,18). The minimum atomic E-state index is 0.345. The molecule has 5 nitrogen and oxygen atoms in total. The molecule has 1 heterocycles. The van der Waals surface area contributed by atoms with Gasteiger partial charge in [-0.15, -0.1) is 0 Å². The van der Waals surface area contributed by atoms with Crippen LogP contribution in [0.5, 0.6) is 6.01 Å². The third-order valence-corrected chi connectivity index (χ3v) is 2.75. The molecule has 1 aromatic heterocycles. The summed E-state index contributed by atoms with van der Waals surface area (Å²) in [5.74, 6) is 1.14. The first kappa shape index (κ1) is 13.3. The Morgan fingerprint density at radius 2 is 1.95 bits per heavy atom. The van der Waals surface area contributed by atoms with Gasteiger partial charge in [0.05, 0.1) is 6.61 Å². The van der Waals surface area contributed by atoms with Crippen LogP contribution < -0.4 is 10.1 Å². The fourth-order valence-corrected chi connectivity index (χ4v) is 1.76. The molecule has 1 N–H and O–H groups in total. The highest BCUT2D eigenvalue weighted by Gasteiger charge is 2.10.